The van der Waals surface area contributed by atoms with Crippen LogP contribution in [0, 0.1) is 0 Å². The van der Waals surface area contributed by atoms with E-state index in [-0.39, 0.29) is 11.1 Å². The van der Waals surface area contributed by atoms with Crippen molar-refractivity contribution in [2.24, 2.45) is 0 Å². The van der Waals surface area contributed by atoms with Gasteiger partial charge in [0.15, 0.2) is 19.3 Å². The minimum Gasteiger partial charge on any atom is -0.479 e. The number of rotatable bonds is 7. The van der Waals surface area contributed by atoms with Gasteiger partial charge in [-0.1, -0.05) is 13.2 Å². The van der Waals surface area contributed by atoms with E-state index in [1.165, 1.54) is 13.8 Å². The lowest BCUT2D eigenvalue weighted by Gasteiger charge is -2.16. The molecule has 0 amide bonds. The van der Waals surface area contributed by atoms with Gasteiger partial charge >= 0.3 is 36.2 Å². The fourth-order valence-electron chi connectivity index (χ4n) is 0.796. The fourth-order valence-corrected chi connectivity index (χ4v) is 0.796. The van der Waals surface area contributed by atoms with Crippen LogP contribution in [-0.4, -0.2) is 71.9 Å². The fraction of sp³-hybridized carbons (Fsp3) is 0.556. The molecule has 33 heavy (non-hydrogen) atoms. The van der Waals surface area contributed by atoms with Crippen LogP contribution in [0.5, 0.6) is 0 Å². The average Bonchev–Trinajstić information content (AvgIpc) is 2.63. The smallest absolute Gasteiger partial charge is 0.425 e. The molecule has 2 unspecified atom stereocenters. The summed E-state index contributed by atoms with van der Waals surface area (Å²) in [5.74, 6) is -3.98. The number of carboxylic acid groups (broad SMARTS) is 1. The van der Waals surface area contributed by atoms with Crippen LogP contribution in [0.1, 0.15) is 27.7 Å². The van der Waals surface area contributed by atoms with Crippen LogP contribution in [0.4, 0.5) is 26.3 Å². The second kappa shape index (κ2) is 15.7. The van der Waals surface area contributed by atoms with Crippen LogP contribution in [0.25, 0.3) is 0 Å². The Morgan fingerprint density at radius 1 is 0.818 bits per heavy atom. The predicted octanol–water partition coefficient (Wildman–Crippen LogP) is 2.72. The number of aliphatic hydroxyl groups is 1. The maximum Gasteiger partial charge on any atom is 0.425 e. The molecule has 0 aromatic rings. The molecule has 0 saturated carbocycles. The van der Waals surface area contributed by atoms with Crippen molar-refractivity contribution in [1.29, 1.82) is 0 Å². The monoisotopic (exact) mass is 498 g/mol. The zero-order valence-electron chi connectivity index (χ0n) is 18.0. The Hall–Kier alpha value is -3.10. The normalized spacial score (nSPS) is 12.3. The molecule has 0 aliphatic carbocycles. The second-order valence-corrected chi connectivity index (χ2v) is 6.00. The molecule has 0 bridgehead atoms. The summed E-state index contributed by atoms with van der Waals surface area (Å²) in [5, 5.41) is 15.8. The van der Waals surface area contributed by atoms with E-state index in [0.717, 1.165) is 0 Å². The minimum atomic E-state index is -4.63. The minimum absolute atomic E-state index is 0.0386. The van der Waals surface area contributed by atoms with Gasteiger partial charge < -0.3 is 24.4 Å². The van der Waals surface area contributed by atoms with Crippen LogP contribution in [0.15, 0.2) is 24.3 Å². The number of halogens is 6. The highest BCUT2D eigenvalue weighted by Crippen LogP contribution is 2.22. The van der Waals surface area contributed by atoms with E-state index in [1.807, 2.05) is 0 Å². The van der Waals surface area contributed by atoms with Crippen molar-refractivity contribution < 1.29 is 69.9 Å². The molecular weight excluding hydrogens is 474 g/mol. The Bertz CT molecular complexity index is 696. The highest BCUT2D eigenvalue weighted by Gasteiger charge is 2.39. The first kappa shape index (κ1) is 34.5. The van der Waals surface area contributed by atoms with Crippen molar-refractivity contribution in [2.45, 2.75) is 52.3 Å². The van der Waals surface area contributed by atoms with Gasteiger partial charge in [-0.3, -0.25) is 0 Å². The summed E-state index contributed by atoms with van der Waals surface area (Å²) in [6, 6.07) is 0. The SMILES string of the molecule is C=C(C)C(=O)OCC(=O)O.C=C(C)C(=O)OCC(=O)OC(C)C(F)(F)F.CC(O)C(F)(F)F. The Labute approximate surface area is 184 Å². The van der Waals surface area contributed by atoms with Crippen molar-refractivity contribution in [3.05, 3.63) is 24.3 Å². The van der Waals surface area contributed by atoms with E-state index >= 15 is 0 Å². The number of carbonyl (C=O) groups excluding carboxylic acids is 3. The number of ether oxygens (including phenoxy) is 3. The summed E-state index contributed by atoms with van der Waals surface area (Å²) in [6.07, 6.45) is -13.5. The quantitative estimate of drug-likeness (QED) is 0.235. The van der Waals surface area contributed by atoms with E-state index in [9.17, 15) is 45.5 Å². The highest BCUT2D eigenvalue weighted by molar-refractivity contribution is 5.89. The molecule has 2 atom stereocenters. The predicted molar refractivity (Wildman–Crippen MR) is 98.5 cm³/mol. The molecule has 0 rings (SSSR count). The molecule has 0 radical (unpaired) electrons. The number of carbonyl (C=O) groups is 4. The van der Waals surface area contributed by atoms with Gasteiger partial charge in [0.05, 0.1) is 0 Å². The van der Waals surface area contributed by atoms with Crippen molar-refractivity contribution in [3.63, 3.8) is 0 Å². The molecule has 15 heteroatoms. The van der Waals surface area contributed by atoms with Gasteiger partial charge in [-0.25, -0.2) is 19.2 Å². The number of hydrogen-bond donors (Lipinski definition) is 2. The summed E-state index contributed by atoms with van der Waals surface area (Å²) in [6.45, 7) is 9.17. The van der Waals surface area contributed by atoms with Gasteiger partial charge in [0.2, 0.25) is 0 Å². The Kier molecular flexibility index (Phi) is 16.4. The first-order chi connectivity index (χ1) is 14.6. The Morgan fingerprint density at radius 2 is 1.15 bits per heavy atom. The summed E-state index contributed by atoms with van der Waals surface area (Å²) in [7, 11) is 0. The zero-order chi connectivity index (χ0) is 27.2. The molecule has 192 valence electrons. The van der Waals surface area contributed by atoms with E-state index < -0.39 is 61.7 Å². The second-order valence-electron chi connectivity index (χ2n) is 6.00. The third-order valence-electron chi connectivity index (χ3n) is 2.59. The van der Waals surface area contributed by atoms with Gasteiger partial charge in [-0.2, -0.15) is 26.3 Å². The average molecular weight is 498 g/mol. The molecule has 0 aliphatic heterocycles. The van der Waals surface area contributed by atoms with Crippen molar-refractivity contribution in [2.75, 3.05) is 13.2 Å². The Morgan fingerprint density at radius 3 is 1.39 bits per heavy atom. The summed E-state index contributed by atoms with van der Waals surface area (Å²) >= 11 is 0. The molecule has 0 aliphatic rings. The molecule has 9 nitrogen and oxygen atoms in total. The molecule has 0 fully saturated rings. The molecule has 0 aromatic carbocycles. The molecule has 0 aromatic heterocycles. The Balaban J connectivity index is -0.000000451. The first-order valence-electron chi connectivity index (χ1n) is 8.50. The first-order valence-corrected chi connectivity index (χ1v) is 8.50. The van der Waals surface area contributed by atoms with Crippen LogP contribution in [0.3, 0.4) is 0 Å². The van der Waals surface area contributed by atoms with Gasteiger partial charge in [0.1, 0.15) is 6.10 Å². The van der Waals surface area contributed by atoms with Crippen molar-refractivity contribution in [1.82, 2.24) is 0 Å². The number of hydrogen-bond acceptors (Lipinski definition) is 8. The zero-order valence-corrected chi connectivity index (χ0v) is 18.0. The summed E-state index contributed by atoms with van der Waals surface area (Å²) < 4.78 is 81.1. The van der Waals surface area contributed by atoms with Crippen LogP contribution >= 0.6 is 0 Å². The molecule has 2 N–H and O–H groups in total. The lowest BCUT2D eigenvalue weighted by molar-refractivity contribution is -0.218. The van der Waals surface area contributed by atoms with Crippen molar-refractivity contribution >= 4 is 23.9 Å². The third-order valence-corrected chi connectivity index (χ3v) is 2.59. The van der Waals surface area contributed by atoms with E-state index in [0.29, 0.717) is 13.8 Å². The number of aliphatic carboxylic acids is 1. The maximum atomic E-state index is 11.9. The molecule has 0 saturated heterocycles. The van der Waals surface area contributed by atoms with E-state index in [2.05, 4.69) is 27.4 Å². The van der Waals surface area contributed by atoms with Gasteiger partial charge in [-0.15, -0.1) is 0 Å². The number of carboxylic acids is 1. The number of alkyl halides is 6. The lowest BCUT2D eigenvalue weighted by atomic mass is 10.4. The molecular formula is C18H24F6O9. The largest absolute Gasteiger partial charge is 0.479 e. The molecule has 0 heterocycles. The number of aliphatic hydroxyl groups excluding tert-OH is 1. The highest BCUT2D eigenvalue weighted by atomic mass is 19.4. The maximum absolute atomic E-state index is 11.9. The van der Waals surface area contributed by atoms with Crippen LogP contribution in [-0.2, 0) is 33.4 Å². The van der Waals surface area contributed by atoms with Gasteiger partial charge in [-0.05, 0) is 27.7 Å². The standard InChI is InChI=1S/C9H11F3O4.C6H8O4.C3H5F3O/c1-5(2)8(14)15-4-7(13)16-6(3)9(10,11)12;1-4(2)6(9)10-3-5(7)8;1-2(7)3(4,5)6/h6H,1,4H2,2-3H3;1,3H2,2H3,(H,7,8);2,7H,1H3. The topological polar surface area (TPSA) is 136 Å². The summed E-state index contributed by atoms with van der Waals surface area (Å²) in [5.41, 5.74) is 0.234. The van der Waals surface area contributed by atoms with Crippen LogP contribution in [0.2, 0.25) is 0 Å². The van der Waals surface area contributed by atoms with Gasteiger partial charge in [0.25, 0.3) is 0 Å². The number of esters is 3. The molecule has 0 spiro atoms. The van der Waals surface area contributed by atoms with Gasteiger partial charge in [0, 0.05) is 11.1 Å². The third kappa shape index (κ3) is 21.9. The van der Waals surface area contributed by atoms with E-state index in [1.54, 1.807) is 0 Å². The van der Waals surface area contributed by atoms with Crippen molar-refractivity contribution in [3.8, 4) is 0 Å². The van der Waals surface area contributed by atoms with Crippen LogP contribution < -0.4 is 0 Å². The summed E-state index contributed by atoms with van der Waals surface area (Å²) in [4.78, 5) is 41.9. The lowest BCUT2D eigenvalue weighted by Crippen LogP contribution is -2.32. The van der Waals surface area contributed by atoms with E-state index in [4.69, 9.17) is 10.2 Å².